The number of rotatable bonds is 3. The summed E-state index contributed by atoms with van der Waals surface area (Å²) in [6.45, 7) is 7.56. The van der Waals surface area contributed by atoms with Crippen molar-refractivity contribution in [2.24, 2.45) is 0 Å². The molecular formula is C29H25NO4. The summed E-state index contributed by atoms with van der Waals surface area (Å²) in [4.78, 5) is 25.3. The monoisotopic (exact) mass is 451 g/mol. The van der Waals surface area contributed by atoms with Crippen molar-refractivity contribution in [3.05, 3.63) is 88.6 Å². The maximum absolute atomic E-state index is 12.8. The molecule has 0 unspecified atom stereocenters. The van der Waals surface area contributed by atoms with Gasteiger partial charge in [0, 0.05) is 33.1 Å². The summed E-state index contributed by atoms with van der Waals surface area (Å²) >= 11 is 0. The lowest BCUT2D eigenvalue weighted by molar-refractivity contribution is -0.149. The molecule has 170 valence electrons. The van der Waals surface area contributed by atoms with Crippen molar-refractivity contribution in [3.8, 4) is 11.4 Å². The van der Waals surface area contributed by atoms with Gasteiger partial charge in [-0.3, -0.25) is 0 Å². The molecule has 5 rings (SSSR count). The van der Waals surface area contributed by atoms with Crippen LogP contribution >= 0.6 is 0 Å². The van der Waals surface area contributed by atoms with Gasteiger partial charge >= 0.3 is 11.9 Å². The van der Waals surface area contributed by atoms with Gasteiger partial charge in [-0.1, -0.05) is 48.0 Å². The number of carbonyl (C=O) groups is 2. The van der Waals surface area contributed by atoms with Crippen LogP contribution in [0, 0.1) is 6.92 Å². The molecule has 1 aromatic heterocycles. The van der Waals surface area contributed by atoms with Crippen molar-refractivity contribution in [1.29, 1.82) is 0 Å². The molecule has 0 amide bonds. The van der Waals surface area contributed by atoms with Gasteiger partial charge in [-0.25, -0.2) is 9.59 Å². The zero-order chi connectivity index (χ0) is 24.1. The number of para-hydroxylation sites is 1. The summed E-state index contributed by atoms with van der Waals surface area (Å²) in [5.41, 5.74) is 6.01. The maximum atomic E-state index is 12.8. The van der Waals surface area contributed by atoms with E-state index in [9.17, 15) is 9.59 Å². The number of ether oxygens (including phenoxy) is 2. The quantitative estimate of drug-likeness (QED) is 0.209. The van der Waals surface area contributed by atoms with Crippen molar-refractivity contribution in [1.82, 2.24) is 4.57 Å². The van der Waals surface area contributed by atoms with E-state index in [1.807, 2.05) is 70.2 Å². The molecule has 0 N–H and O–H groups in total. The van der Waals surface area contributed by atoms with E-state index >= 15 is 0 Å². The highest BCUT2D eigenvalue weighted by Gasteiger charge is 2.37. The number of aromatic nitrogens is 1. The van der Waals surface area contributed by atoms with E-state index in [1.165, 1.54) is 0 Å². The highest BCUT2D eigenvalue weighted by molar-refractivity contribution is 6.23. The SMILES string of the molecule is COc1cc2c(C(C)=C3C(=O)OC(=O)C3=C(C)C)c(C)n(-c3ccccc3)c2c2ccccc12. The predicted molar refractivity (Wildman–Crippen MR) is 134 cm³/mol. The third kappa shape index (κ3) is 3.08. The number of cyclic esters (lactones) is 2. The van der Waals surface area contributed by atoms with Crippen molar-refractivity contribution in [3.63, 3.8) is 0 Å². The van der Waals surface area contributed by atoms with Crippen LogP contribution in [0.4, 0.5) is 0 Å². The number of hydrogen-bond donors (Lipinski definition) is 0. The molecule has 1 aliphatic heterocycles. The normalized spacial score (nSPS) is 15.3. The van der Waals surface area contributed by atoms with Crippen LogP contribution in [0.2, 0.25) is 0 Å². The number of carbonyl (C=O) groups excluding carboxylic acids is 2. The summed E-state index contributed by atoms with van der Waals surface area (Å²) in [6, 6.07) is 20.3. The van der Waals surface area contributed by atoms with Gasteiger partial charge in [0.15, 0.2) is 0 Å². The number of esters is 2. The van der Waals surface area contributed by atoms with Crippen molar-refractivity contribution in [2.45, 2.75) is 27.7 Å². The molecular weight excluding hydrogens is 426 g/mol. The van der Waals surface area contributed by atoms with Gasteiger partial charge in [0.1, 0.15) is 5.75 Å². The van der Waals surface area contributed by atoms with Crippen molar-refractivity contribution >= 4 is 39.2 Å². The largest absolute Gasteiger partial charge is 0.496 e. The van der Waals surface area contributed by atoms with E-state index in [0.29, 0.717) is 16.7 Å². The predicted octanol–water partition coefficient (Wildman–Crippen LogP) is 6.29. The third-order valence-corrected chi connectivity index (χ3v) is 6.50. The number of hydrogen-bond acceptors (Lipinski definition) is 4. The molecule has 0 bridgehead atoms. The van der Waals surface area contributed by atoms with Crippen LogP contribution < -0.4 is 4.74 Å². The Morgan fingerprint density at radius 2 is 1.44 bits per heavy atom. The van der Waals surface area contributed by atoms with Gasteiger partial charge < -0.3 is 14.0 Å². The third-order valence-electron chi connectivity index (χ3n) is 6.50. The number of nitrogens with zero attached hydrogens (tertiary/aromatic N) is 1. The molecule has 0 aliphatic carbocycles. The lowest BCUT2D eigenvalue weighted by Gasteiger charge is -2.12. The fourth-order valence-electron chi connectivity index (χ4n) is 5.08. The lowest BCUT2D eigenvalue weighted by Crippen LogP contribution is -2.01. The van der Waals surface area contributed by atoms with Gasteiger partial charge in [0.2, 0.25) is 0 Å². The summed E-state index contributed by atoms with van der Waals surface area (Å²) in [5, 5.41) is 2.99. The van der Waals surface area contributed by atoms with E-state index in [0.717, 1.165) is 49.9 Å². The van der Waals surface area contributed by atoms with E-state index in [2.05, 4.69) is 22.8 Å². The standard InChI is InChI=1S/C29H25NO4/c1-16(2)24-26(29(32)34-28(24)31)17(3)25-18(4)30(19-11-7-6-8-12-19)27-21-14-10-9-13-20(21)23(33-5)15-22(25)27/h6-15H,1-5H3. The van der Waals surface area contributed by atoms with Crippen LogP contribution in [0.15, 0.2) is 77.4 Å². The number of fused-ring (bicyclic) bond motifs is 3. The molecule has 4 aromatic rings. The van der Waals surface area contributed by atoms with Gasteiger partial charge in [0.25, 0.3) is 0 Å². The minimum Gasteiger partial charge on any atom is -0.496 e. The topological polar surface area (TPSA) is 57.5 Å². The van der Waals surface area contributed by atoms with Crippen LogP contribution in [0.25, 0.3) is 32.9 Å². The lowest BCUT2D eigenvalue weighted by atomic mass is 9.92. The first-order valence-corrected chi connectivity index (χ1v) is 11.2. The minimum atomic E-state index is -0.605. The molecule has 5 heteroatoms. The molecule has 3 aromatic carbocycles. The fraction of sp³-hybridized carbons (Fsp3) is 0.172. The molecule has 0 saturated carbocycles. The van der Waals surface area contributed by atoms with Crippen LogP contribution in [0.3, 0.4) is 0 Å². The molecule has 5 nitrogen and oxygen atoms in total. The first-order valence-electron chi connectivity index (χ1n) is 11.2. The van der Waals surface area contributed by atoms with Crippen LogP contribution in [-0.2, 0) is 14.3 Å². The van der Waals surface area contributed by atoms with Crippen LogP contribution in [-0.4, -0.2) is 23.6 Å². The van der Waals surface area contributed by atoms with Gasteiger partial charge in [-0.05, 0) is 51.5 Å². The zero-order valence-electron chi connectivity index (χ0n) is 19.9. The van der Waals surface area contributed by atoms with E-state index in [-0.39, 0.29) is 0 Å². The Bertz CT molecular complexity index is 1560. The minimum absolute atomic E-state index is 0.326. The van der Waals surface area contributed by atoms with Crippen LogP contribution in [0.5, 0.6) is 5.75 Å². The molecule has 1 saturated heterocycles. The Labute approximate surface area is 197 Å². The molecule has 0 radical (unpaired) electrons. The van der Waals surface area contributed by atoms with Gasteiger partial charge in [-0.2, -0.15) is 0 Å². The summed E-state index contributed by atoms with van der Waals surface area (Å²) in [5.74, 6) is -0.446. The van der Waals surface area contributed by atoms with E-state index in [1.54, 1.807) is 7.11 Å². The average molecular weight is 452 g/mol. The average Bonchev–Trinajstić information content (AvgIpc) is 3.30. The Hall–Kier alpha value is -4.12. The number of methoxy groups -OCH3 is 1. The number of allylic oxidation sites excluding steroid dienone is 2. The first kappa shape index (κ1) is 21.7. The smallest absolute Gasteiger partial charge is 0.347 e. The molecule has 0 spiro atoms. The highest BCUT2D eigenvalue weighted by atomic mass is 16.6. The Kier molecular flexibility index (Phi) is 5.13. The first-order chi connectivity index (χ1) is 16.3. The summed E-state index contributed by atoms with van der Waals surface area (Å²) < 4.78 is 13.0. The maximum Gasteiger partial charge on any atom is 0.347 e. The number of benzene rings is 3. The van der Waals surface area contributed by atoms with Crippen LogP contribution in [0.1, 0.15) is 32.0 Å². The zero-order valence-corrected chi connectivity index (χ0v) is 19.9. The summed E-state index contributed by atoms with van der Waals surface area (Å²) in [6.07, 6.45) is 0. The second-order valence-electron chi connectivity index (χ2n) is 8.70. The second kappa shape index (κ2) is 8.03. The Morgan fingerprint density at radius 3 is 2.09 bits per heavy atom. The van der Waals surface area contributed by atoms with Crippen molar-refractivity contribution in [2.75, 3.05) is 7.11 Å². The van der Waals surface area contributed by atoms with E-state index in [4.69, 9.17) is 9.47 Å². The second-order valence-corrected chi connectivity index (χ2v) is 8.70. The molecule has 0 atom stereocenters. The Morgan fingerprint density at radius 1 is 0.824 bits per heavy atom. The van der Waals surface area contributed by atoms with E-state index < -0.39 is 11.9 Å². The van der Waals surface area contributed by atoms with Gasteiger partial charge in [-0.15, -0.1) is 0 Å². The molecule has 2 heterocycles. The fourth-order valence-corrected chi connectivity index (χ4v) is 5.08. The Balaban J connectivity index is 2.00. The highest BCUT2D eigenvalue weighted by Crippen LogP contribution is 2.43. The van der Waals surface area contributed by atoms with Gasteiger partial charge in [0.05, 0.1) is 23.8 Å². The molecule has 34 heavy (non-hydrogen) atoms. The van der Waals surface area contributed by atoms with Crippen molar-refractivity contribution < 1.29 is 19.1 Å². The molecule has 1 fully saturated rings. The molecule has 1 aliphatic rings. The summed E-state index contributed by atoms with van der Waals surface area (Å²) in [7, 11) is 1.66.